The standard InChI is InChI=1S/C35H48N4O3/c1-5-28-17-15-27(24-30(28)25-37(4)33(14-10-22-40)35(42)36-3)16-18-31-12-8-9-20-39(31)34(41)19-21-38-26(2)23-29-11-6-7-13-32(29)38/h5-7,13,15,17,22,24,29,31,33H,1-2,8-12,14,16,18-21,23,25H2,3-4H3,(H,36,42). The summed E-state index contributed by atoms with van der Waals surface area (Å²) < 4.78 is 0. The molecular weight excluding hydrogens is 524 g/mol. The molecule has 0 aromatic heterocycles. The van der Waals surface area contributed by atoms with Crippen molar-refractivity contribution in [2.75, 3.05) is 27.2 Å². The summed E-state index contributed by atoms with van der Waals surface area (Å²) in [6, 6.07) is 6.34. The highest BCUT2D eigenvalue weighted by molar-refractivity contribution is 5.81. The molecule has 42 heavy (non-hydrogen) atoms. The quantitative estimate of drug-likeness (QED) is 0.309. The van der Waals surface area contributed by atoms with Crippen LogP contribution in [-0.4, -0.2) is 72.1 Å². The van der Waals surface area contributed by atoms with Crippen molar-refractivity contribution in [3.63, 3.8) is 0 Å². The molecule has 4 rings (SSSR count). The van der Waals surface area contributed by atoms with Crippen LogP contribution in [0.4, 0.5) is 0 Å². The zero-order chi connectivity index (χ0) is 30.1. The first-order valence-electron chi connectivity index (χ1n) is 15.6. The Morgan fingerprint density at radius 1 is 1.26 bits per heavy atom. The van der Waals surface area contributed by atoms with Crippen LogP contribution in [0, 0.1) is 5.92 Å². The van der Waals surface area contributed by atoms with Gasteiger partial charge in [-0.1, -0.05) is 49.6 Å². The molecule has 7 nitrogen and oxygen atoms in total. The van der Waals surface area contributed by atoms with Gasteiger partial charge in [0.15, 0.2) is 0 Å². The third-order valence-electron chi connectivity index (χ3n) is 9.17. The highest BCUT2D eigenvalue weighted by Crippen LogP contribution is 2.39. The molecule has 3 aliphatic rings. The van der Waals surface area contributed by atoms with Gasteiger partial charge in [0.2, 0.25) is 11.8 Å². The van der Waals surface area contributed by atoms with E-state index in [2.05, 4.69) is 64.7 Å². The molecule has 2 heterocycles. The van der Waals surface area contributed by atoms with Crippen molar-refractivity contribution in [1.29, 1.82) is 0 Å². The van der Waals surface area contributed by atoms with Crippen molar-refractivity contribution < 1.29 is 14.4 Å². The second-order valence-corrected chi connectivity index (χ2v) is 11.9. The van der Waals surface area contributed by atoms with E-state index >= 15 is 0 Å². The van der Waals surface area contributed by atoms with Gasteiger partial charge in [-0.05, 0) is 81.2 Å². The molecule has 3 atom stereocenters. The number of benzene rings is 1. The van der Waals surface area contributed by atoms with Crippen molar-refractivity contribution in [1.82, 2.24) is 20.0 Å². The summed E-state index contributed by atoms with van der Waals surface area (Å²) in [5.74, 6) is 0.685. The summed E-state index contributed by atoms with van der Waals surface area (Å²) in [4.78, 5) is 43.4. The van der Waals surface area contributed by atoms with Crippen molar-refractivity contribution in [3.8, 4) is 0 Å². The lowest BCUT2D eigenvalue weighted by Gasteiger charge is -2.36. The summed E-state index contributed by atoms with van der Waals surface area (Å²) in [5, 5.41) is 2.73. The lowest BCUT2D eigenvalue weighted by atomic mass is 9.93. The third-order valence-corrected chi connectivity index (χ3v) is 9.17. The van der Waals surface area contributed by atoms with Crippen molar-refractivity contribution in [2.24, 2.45) is 5.92 Å². The van der Waals surface area contributed by atoms with Crippen LogP contribution in [0.3, 0.4) is 0 Å². The van der Waals surface area contributed by atoms with Gasteiger partial charge in [0.05, 0.1) is 6.04 Å². The van der Waals surface area contributed by atoms with Crippen LogP contribution in [0.5, 0.6) is 0 Å². The fraction of sp³-hybridized carbons (Fsp3) is 0.514. The molecule has 0 saturated carbocycles. The summed E-state index contributed by atoms with van der Waals surface area (Å²) in [5.41, 5.74) is 5.83. The number of nitrogens with one attached hydrogen (secondary N) is 1. The van der Waals surface area contributed by atoms with Crippen LogP contribution < -0.4 is 5.32 Å². The minimum Gasteiger partial charge on any atom is -0.358 e. The summed E-state index contributed by atoms with van der Waals surface area (Å²) in [6.45, 7) is 10.4. The number of carbonyl (C=O) groups is 3. The number of likely N-dealkylation sites (tertiary alicyclic amines) is 2. The maximum atomic E-state index is 13.5. The topological polar surface area (TPSA) is 73.0 Å². The highest BCUT2D eigenvalue weighted by atomic mass is 16.2. The number of hydrogen-bond donors (Lipinski definition) is 1. The average Bonchev–Trinajstić information content (AvgIpc) is 3.33. The van der Waals surface area contributed by atoms with E-state index in [1.54, 1.807) is 7.05 Å². The van der Waals surface area contributed by atoms with Crippen LogP contribution in [-0.2, 0) is 27.3 Å². The summed E-state index contributed by atoms with van der Waals surface area (Å²) >= 11 is 0. The van der Waals surface area contributed by atoms with Gasteiger partial charge in [0.25, 0.3) is 0 Å². The first-order chi connectivity index (χ1) is 20.4. The van der Waals surface area contributed by atoms with E-state index < -0.39 is 0 Å². The number of aldehydes is 1. The molecule has 2 aliphatic heterocycles. The summed E-state index contributed by atoms with van der Waals surface area (Å²) in [7, 11) is 3.55. The fourth-order valence-electron chi connectivity index (χ4n) is 6.82. The van der Waals surface area contributed by atoms with Gasteiger partial charge in [0.1, 0.15) is 6.29 Å². The zero-order valence-electron chi connectivity index (χ0n) is 25.5. The molecular formula is C35H48N4O3. The monoisotopic (exact) mass is 572 g/mol. The molecule has 7 heteroatoms. The molecule has 226 valence electrons. The molecule has 2 amide bonds. The van der Waals surface area contributed by atoms with Gasteiger partial charge in [-0.25, -0.2) is 0 Å². The number of hydrogen-bond acceptors (Lipinski definition) is 5. The molecule has 1 aliphatic carbocycles. The van der Waals surface area contributed by atoms with Crippen LogP contribution in [0.1, 0.15) is 74.5 Å². The van der Waals surface area contributed by atoms with E-state index in [1.807, 2.05) is 18.0 Å². The number of aryl methyl sites for hydroxylation is 1. The minimum absolute atomic E-state index is 0.0844. The van der Waals surface area contributed by atoms with Crippen LogP contribution in [0.25, 0.3) is 6.08 Å². The number of nitrogens with zero attached hydrogens (tertiary/aromatic N) is 3. The lowest BCUT2D eigenvalue weighted by molar-refractivity contribution is -0.135. The Balaban J connectivity index is 1.37. The average molecular weight is 573 g/mol. The Kier molecular flexibility index (Phi) is 11.4. The predicted molar refractivity (Wildman–Crippen MR) is 169 cm³/mol. The first kappa shape index (κ1) is 31.5. The number of likely N-dealkylation sites (N-methyl/N-ethyl adjacent to an activating group) is 2. The Morgan fingerprint density at radius 3 is 2.86 bits per heavy atom. The van der Waals surface area contributed by atoms with Crippen LogP contribution >= 0.6 is 0 Å². The lowest BCUT2D eigenvalue weighted by Crippen LogP contribution is -2.44. The minimum atomic E-state index is -0.377. The Labute approximate surface area is 252 Å². The fourth-order valence-corrected chi connectivity index (χ4v) is 6.82. The van der Waals surface area contributed by atoms with E-state index in [-0.39, 0.29) is 23.9 Å². The molecule has 0 bridgehead atoms. The van der Waals surface area contributed by atoms with Crippen molar-refractivity contribution >= 4 is 24.2 Å². The maximum Gasteiger partial charge on any atom is 0.237 e. The van der Waals surface area contributed by atoms with E-state index in [4.69, 9.17) is 0 Å². The van der Waals surface area contributed by atoms with Gasteiger partial charge in [-0.2, -0.15) is 0 Å². The number of carbonyl (C=O) groups excluding carboxylic acids is 3. The Bertz CT molecular complexity index is 1220. The molecule has 3 unspecified atom stereocenters. The molecule has 1 N–H and O–H groups in total. The largest absolute Gasteiger partial charge is 0.358 e. The zero-order valence-corrected chi connectivity index (χ0v) is 25.5. The Hall–Kier alpha value is -3.45. The van der Waals surface area contributed by atoms with E-state index in [0.717, 1.165) is 74.6 Å². The third kappa shape index (κ3) is 7.68. The SMILES string of the molecule is C=Cc1ccc(CCC2CCCCN2C(=O)CCN2C(=C)CC3CC=CC=C32)cc1CN(C)C(CCC=O)C(=O)NC. The number of allylic oxidation sites excluding steroid dienone is 5. The van der Waals surface area contributed by atoms with Crippen molar-refractivity contribution in [3.05, 3.63) is 77.7 Å². The van der Waals surface area contributed by atoms with E-state index in [1.165, 1.54) is 11.3 Å². The smallest absolute Gasteiger partial charge is 0.237 e. The van der Waals surface area contributed by atoms with E-state index in [9.17, 15) is 14.4 Å². The maximum absolute atomic E-state index is 13.5. The first-order valence-corrected chi connectivity index (χ1v) is 15.6. The van der Waals surface area contributed by atoms with Gasteiger partial charge in [-0.3, -0.25) is 14.5 Å². The summed E-state index contributed by atoms with van der Waals surface area (Å²) in [6.07, 6.45) is 17.7. The number of piperidine rings is 1. The molecule has 1 aromatic rings. The molecule has 2 saturated heterocycles. The second kappa shape index (κ2) is 15.1. The van der Waals surface area contributed by atoms with Gasteiger partial charge in [0, 0.05) is 62.9 Å². The van der Waals surface area contributed by atoms with Crippen molar-refractivity contribution in [2.45, 2.75) is 82.8 Å². The van der Waals surface area contributed by atoms with Gasteiger partial charge < -0.3 is 19.9 Å². The predicted octanol–water partition coefficient (Wildman–Crippen LogP) is 5.24. The molecule has 2 fully saturated rings. The van der Waals surface area contributed by atoms with Gasteiger partial charge >= 0.3 is 0 Å². The van der Waals surface area contributed by atoms with E-state index in [0.29, 0.717) is 38.3 Å². The number of fused-ring (bicyclic) bond motifs is 1. The molecule has 0 spiro atoms. The van der Waals surface area contributed by atoms with Gasteiger partial charge in [-0.15, -0.1) is 0 Å². The number of rotatable bonds is 14. The number of amides is 2. The molecule has 1 aromatic carbocycles. The second-order valence-electron chi connectivity index (χ2n) is 11.9. The van der Waals surface area contributed by atoms with Crippen LogP contribution in [0.2, 0.25) is 0 Å². The Morgan fingerprint density at radius 2 is 2.10 bits per heavy atom. The highest BCUT2D eigenvalue weighted by Gasteiger charge is 2.32. The van der Waals surface area contributed by atoms with Crippen LogP contribution in [0.15, 0.2) is 61.0 Å². The normalized spacial score (nSPS) is 20.7. The molecule has 0 radical (unpaired) electrons.